The number of carboxylic acids is 1. The van der Waals surface area contributed by atoms with Crippen LogP contribution in [-0.2, 0) is 24.5 Å². The van der Waals surface area contributed by atoms with Gasteiger partial charge < -0.3 is 24.1 Å². The van der Waals surface area contributed by atoms with Crippen LogP contribution in [0, 0.1) is 0 Å². The van der Waals surface area contributed by atoms with Crippen LogP contribution < -0.4 is 0 Å². The van der Waals surface area contributed by atoms with E-state index in [4.69, 9.17) is 18.9 Å². The summed E-state index contributed by atoms with van der Waals surface area (Å²) in [6.07, 6.45) is -3.33. The van der Waals surface area contributed by atoms with Crippen molar-refractivity contribution in [3.8, 4) is 0 Å². The summed E-state index contributed by atoms with van der Waals surface area (Å²) in [5.41, 5.74) is 8.11. The van der Waals surface area contributed by atoms with E-state index >= 15 is 0 Å². The molecule has 0 saturated carbocycles. The Balaban J connectivity index is 1.93. The van der Waals surface area contributed by atoms with Crippen molar-refractivity contribution in [2.75, 3.05) is 13.7 Å². The normalized spacial score (nSPS) is 31.9. The molecule has 2 aromatic rings. The van der Waals surface area contributed by atoms with E-state index in [1.54, 1.807) is 12.1 Å². The van der Waals surface area contributed by atoms with Gasteiger partial charge in [0, 0.05) is 22.1 Å². The van der Waals surface area contributed by atoms with Gasteiger partial charge in [-0.15, -0.1) is 12.6 Å². The van der Waals surface area contributed by atoms with Gasteiger partial charge in [-0.05, 0) is 29.3 Å². The highest BCUT2D eigenvalue weighted by Crippen LogP contribution is 2.50. The quantitative estimate of drug-likeness (QED) is 0.259. The average molecular weight is 522 g/mol. The van der Waals surface area contributed by atoms with E-state index in [1.807, 2.05) is 30.3 Å². The molecule has 2 heterocycles. The van der Waals surface area contributed by atoms with Crippen LogP contribution in [0.5, 0.6) is 0 Å². The van der Waals surface area contributed by atoms with E-state index in [-0.39, 0.29) is 17.7 Å². The van der Waals surface area contributed by atoms with Gasteiger partial charge >= 0.3 is 5.97 Å². The number of azide groups is 1. The van der Waals surface area contributed by atoms with Crippen molar-refractivity contribution in [3.05, 3.63) is 80.1 Å². The van der Waals surface area contributed by atoms with Gasteiger partial charge in [-0.25, -0.2) is 4.79 Å². The van der Waals surface area contributed by atoms with Crippen molar-refractivity contribution >= 4 is 34.5 Å². The van der Waals surface area contributed by atoms with Crippen molar-refractivity contribution in [1.82, 2.24) is 0 Å². The molecular weight excluding hydrogens is 502 g/mol. The summed E-state index contributed by atoms with van der Waals surface area (Å²) >= 11 is 7.91. The maximum atomic E-state index is 12.1. The van der Waals surface area contributed by atoms with Crippen LogP contribution in [0.3, 0.4) is 0 Å². The molecule has 4 rings (SSSR count). The van der Waals surface area contributed by atoms with Crippen LogP contribution >= 0.6 is 28.6 Å². The van der Waals surface area contributed by atoms with E-state index in [0.717, 1.165) is 5.56 Å². The van der Waals surface area contributed by atoms with Crippen molar-refractivity contribution in [1.29, 1.82) is 0 Å². The van der Waals surface area contributed by atoms with Gasteiger partial charge in [0.15, 0.2) is 6.29 Å². The van der Waals surface area contributed by atoms with Gasteiger partial charge in [0.05, 0.1) is 12.2 Å². The van der Waals surface area contributed by atoms with E-state index in [0.29, 0.717) is 4.47 Å². The summed E-state index contributed by atoms with van der Waals surface area (Å²) in [5.74, 6) is -1.18. The number of hydrogen-bond donors (Lipinski definition) is 2. The summed E-state index contributed by atoms with van der Waals surface area (Å²) in [4.78, 5) is 15.2. The molecule has 168 valence electrons. The SMILES string of the molecule is CO[C@H]1[C@@H](S)O[C@@H]2COC(c3ccccc3)O[C@@H]2C1(N=[N+]=[N-])c1cc(Br)ccc1C(=O)O. The fourth-order valence-corrected chi connectivity index (χ4v) is 5.19. The third-order valence-corrected chi connectivity index (χ3v) is 6.53. The van der Waals surface area contributed by atoms with Gasteiger partial charge in [0.25, 0.3) is 0 Å². The van der Waals surface area contributed by atoms with Gasteiger partial charge in [-0.2, -0.15) is 0 Å². The number of aromatic carboxylic acids is 1. The first-order chi connectivity index (χ1) is 15.4. The summed E-state index contributed by atoms with van der Waals surface area (Å²) in [7, 11) is 1.42. The second-order valence-electron chi connectivity index (χ2n) is 7.36. The van der Waals surface area contributed by atoms with Crippen LogP contribution in [0.4, 0.5) is 0 Å². The molecule has 2 unspecified atom stereocenters. The molecule has 2 saturated heterocycles. The maximum Gasteiger partial charge on any atom is 0.335 e. The second-order valence-corrected chi connectivity index (χ2v) is 8.79. The Bertz CT molecular complexity index is 1050. The van der Waals surface area contributed by atoms with E-state index < -0.39 is 41.5 Å². The number of methoxy groups -OCH3 is 1. The van der Waals surface area contributed by atoms with Crippen molar-refractivity contribution in [2.24, 2.45) is 5.11 Å². The molecule has 0 spiro atoms. The third kappa shape index (κ3) is 3.90. The first kappa shape index (κ1) is 23.1. The largest absolute Gasteiger partial charge is 0.478 e. The first-order valence-corrected chi connectivity index (χ1v) is 11.0. The predicted octanol–water partition coefficient (Wildman–Crippen LogP) is 4.44. The van der Waals surface area contributed by atoms with E-state index in [2.05, 4.69) is 38.6 Å². The Hall–Kier alpha value is -2.11. The Morgan fingerprint density at radius 2 is 2.06 bits per heavy atom. The summed E-state index contributed by atoms with van der Waals surface area (Å²) < 4.78 is 24.5. The van der Waals surface area contributed by atoms with Gasteiger partial charge in [-0.3, -0.25) is 0 Å². The minimum atomic E-state index is -1.60. The van der Waals surface area contributed by atoms with E-state index in [1.165, 1.54) is 13.2 Å². The third-order valence-electron chi connectivity index (χ3n) is 5.64. The lowest BCUT2D eigenvalue weighted by molar-refractivity contribution is -0.317. The number of fused-ring (bicyclic) bond motifs is 1. The summed E-state index contributed by atoms with van der Waals surface area (Å²) in [6, 6.07) is 13.9. The van der Waals surface area contributed by atoms with Crippen molar-refractivity contribution in [2.45, 2.75) is 35.6 Å². The molecule has 0 radical (unpaired) electrons. The molecule has 1 N–H and O–H groups in total. The topological polar surface area (TPSA) is 123 Å². The minimum absolute atomic E-state index is 0.0461. The zero-order valence-corrected chi connectivity index (χ0v) is 19.3. The molecule has 2 aliphatic heterocycles. The molecule has 11 heteroatoms. The van der Waals surface area contributed by atoms with E-state index in [9.17, 15) is 15.4 Å². The molecule has 0 bridgehead atoms. The molecule has 0 amide bonds. The Morgan fingerprint density at radius 3 is 2.72 bits per heavy atom. The predicted molar refractivity (Wildman–Crippen MR) is 120 cm³/mol. The summed E-state index contributed by atoms with van der Waals surface area (Å²) in [6.45, 7) is 0.122. The molecule has 2 aromatic carbocycles. The number of carbonyl (C=O) groups is 1. The van der Waals surface area contributed by atoms with Gasteiger partial charge in [0.2, 0.25) is 0 Å². The number of hydrogen-bond acceptors (Lipinski definition) is 7. The number of thiol groups is 1. The van der Waals surface area contributed by atoms with Crippen LogP contribution in [0.25, 0.3) is 10.4 Å². The lowest BCUT2D eigenvalue weighted by Gasteiger charge is -2.54. The Kier molecular flexibility index (Phi) is 6.78. The number of benzene rings is 2. The molecule has 2 aliphatic rings. The highest BCUT2D eigenvalue weighted by atomic mass is 79.9. The van der Waals surface area contributed by atoms with Crippen molar-refractivity contribution < 1.29 is 28.8 Å². The zero-order chi connectivity index (χ0) is 22.9. The highest BCUT2D eigenvalue weighted by molar-refractivity contribution is 9.10. The number of rotatable bonds is 5. The number of ether oxygens (including phenoxy) is 4. The van der Waals surface area contributed by atoms with Gasteiger partial charge in [-0.1, -0.05) is 51.4 Å². The molecule has 0 aliphatic carbocycles. The highest BCUT2D eigenvalue weighted by Gasteiger charge is 2.61. The van der Waals surface area contributed by atoms with Crippen LogP contribution in [0.2, 0.25) is 0 Å². The Morgan fingerprint density at radius 1 is 1.31 bits per heavy atom. The lowest BCUT2D eigenvalue weighted by Crippen LogP contribution is -2.66. The van der Waals surface area contributed by atoms with Gasteiger partial charge in [0.1, 0.15) is 29.3 Å². The smallest absolute Gasteiger partial charge is 0.335 e. The average Bonchev–Trinajstić information content (AvgIpc) is 2.79. The molecule has 32 heavy (non-hydrogen) atoms. The second kappa shape index (κ2) is 9.40. The van der Waals surface area contributed by atoms with Crippen LogP contribution in [0.1, 0.15) is 27.8 Å². The fourth-order valence-electron chi connectivity index (χ4n) is 4.32. The maximum absolute atomic E-state index is 12.1. The molecular formula is C21H20BrN3O6S. The molecule has 2 fully saturated rings. The molecule has 9 nitrogen and oxygen atoms in total. The Labute approximate surface area is 197 Å². The number of nitrogens with zero attached hydrogens (tertiary/aromatic N) is 3. The number of carboxylic acid groups (broad SMARTS) is 1. The van der Waals surface area contributed by atoms with Crippen molar-refractivity contribution in [3.63, 3.8) is 0 Å². The van der Waals surface area contributed by atoms with Crippen LogP contribution in [-0.4, -0.2) is 48.5 Å². The fraction of sp³-hybridized carbons (Fsp3) is 0.381. The first-order valence-electron chi connectivity index (χ1n) is 9.70. The molecule has 6 atom stereocenters. The lowest BCUT2D eigenvalue weighted by atomic mass is 9.74. The minimum Gasteiger partial charge on any atom is -0.478 e. The summed E-state index contributed by atoms with van der Waals surface area (Å²) in [5, 5.41) is 14.1. The van der Waals surface area contributed by atoms with Crippen LogP contribution in [0.15, 0.2) is 58.1 Å². The number of halogens is 1. The molecule has 0 aromatic heterocycles. The zero-order valence-electron chi connectivity index (χ0n) is 16.9. The monoisotopic (exact) mass is 521 g/mol. The standard InChI is InChI=1S/C21H20BrN3O6S/c1-28-17-20(32)30-15-10-29-19(11-5-3-2-4-6-11)31-16(15)21(17,24-25-23)14-9-12(22)7-8-13(14)18(26)27/h2-9,15-17,19-20,32H,10H2,1H3,(H,26,27)/t15-,16+,17+,19?,20-,21?/m1/s1.